The summed E-state index contributed by atoms with van der Waals surface area (Å²) >= 11 is 0. The number of pyridine rings is 1. The smallest absolute Gasteiger partial charge is 0.412 e. The highest BCUT2D eigenvalue weighted by Crippen LogP contribution is 2.24. The van der Waals surface area contributed by atoms with Gasteiger partial charge in [0.2, 0.25) is 5.95 Å². The number of nitrogens with one attached hydrogen (secondary N) is 2. The van der Waals surface area contributed by atoms with Crippen LogP contribution < -0.4 is 21.9 Å². The quantitative estimate of drug-likeness (QED) is 0.332. The summed E-state index contributed by atoms with van der Waals surface area (Å²) in [5.74, 6) is 0.332. The van der Waals surface area contributed by atoms with Crippen LogP contribution in [0.3, 0.4) is 0 Å². The summed E-state index contributed by atoms with van der Waals surface area (Å²) in [5, 5.41) is 5.76. The number of nitrogens with two attached hydrogens (primary N) is 1. The molecule has 4 N–H and O–H groups in total. The monoisotopic (exact) mass is 484 g/mol. The average Bonchev–Trinajstić information content (AvgIpc) is 2.91. The molecule has 0 aliphatic carbocycles. The molecule has 0 unspecified atom stereocenters. The fourth-order valence-corrected chi connectivity index (χ4v) is 3.66. The molecule has 0 spiro atoms. The number of hydrogen-bond acceptors (Lipinski definition) is 7. The van der Waals surface area contributed by atoms with Crippen molar-refractivity contribution in [3.05, 3.63) is 107 Å². The van der Waals surface area contributed by atoms with Crippen molar-refractivity contribution in [1.82, 2.24) is 14.5 Å². The van der Waals surface area contributed by atoms with E-state index in [1.807, 2.05) is 60.7 Å². The molecule has 2 aromatic carbocycles. The van der Waals surface area contributed by atoms with Crippen LogP contribution in [0, 0.1) is 0 Å². The highest BCUT2D eigenvalue weighted by atomic mass is 16.5. The van der Waals surface area contributed by atoms with Crippen LogP contribution in [0.15, 0.2) is 90.0 Å². The van der Waals surface area contributed by atoms with Crippen LogP contribution in [0.1, 0.15) is 11.1 Å². The van der Waals surface area contributed by atoms with Crippen molar-refractivity contribution >= 4 is 17.7 Å². The molecule has 0 aliphatic rings. The van der Waals surface area contributed by atoms with Crippen molar-refractivity contribution in [1.29, 1.82) is 0 Å². The highest BCUT2D eigenvalue weighted by molar-refractivity contribution is 5.90. The Morgan fingerprint density at radius 1 is 1.00 bits per heavy atom. The molecule has 0 bridgehead atoms. The molecule has 184 valence electrons. The minimum atomic E-state index is -0.751. The number of aromatic nitrogens is 3. The Balaban J connectivity index is 1.54. The highest BCUT2D eigenvalue weighted by Gasteiger charge is 2.19. The van der Waals surface area contributed by atoms with E-state index in [1.54, 1.807) is 31.6 Å². The normalized spacial score (nSPS) is 11.5. The lowest BCUT2D eigenvalue weighted by Gasteiger charge is -2.18. The van der Waals surface area contributed by atoms with Gasteiger partial charge < -0.3 is 15.8 Å². The summed E-state index contributed by atoms with van der Waals surface area (Å²) in [6, 6.07) is 22.5. The van der Waals surface area contributed by atoms with Crippen LogP contribution in [0.4, 0.5) is 16.4 Å². The van der Waals surface area contributed by atoms with E-state index in [4.69, 9.17) is 10.5 Å². The Kier molecular flexibility index (Phi) is 8.05. The second-order valence-corrected chi connectivity index (χ2v) is 8.28. The fourth-order valence-electron chi connectivity index (χ4n) is 3.66. The molecule has 4 rings (SSSR count). The van der Waals surface area contributed by atoms with Crippen molar-refractivity contribution in [2.75, 3.05) is 17.2 Å². The minimum absolute atomic E-state index is 0.0147. The zero-order valence-corrected chi connectivity index (χ0v) is 19.9. The Hall–Kier alpha value is -4.50. The van der Waals surface area contributed by atoms with Gasteiger partial charge >= 0.3 is 6.09 Å². The Bertz CT molecular complexity index is 1340. The molecular weight excluding hydrogens is 456 g/mol. The fraction of sp³-hybridized carbons (Fsp3) is 0.185. The zero-order valence-electron chi connectivity index (χ0n) is 19.9. The van der Waals surface area contributed by atoms with Gasteiger partial charge in [-0.1, -0.05) is 60.7 Å². The molecular formula is C27H28N6O3. The van der Waals surface area contributed by atoms with E-state index in [9.17, 15) is 9.59 Å². The number of benzene rings is 2. The number of hydrogen-bond donors (Lipinski definition) is 3. The molecule has 1 amide bonds. The molecule has 4 aromatic rings. The predicted molar refractivity (Wildman–Crippen MR) is 140 cm³/mol. The van der Waals surface area contributed by atoms with Crippen LogP contribution in [-0.2, 0) is 24.8 Å². The SMILES string of the molecule is Cn1c(NC[C@@H](N)Cc2ccccc2)nc(-c2ccncc2)c(NC(=O)OCc2ccccc2)c1=O. The lowest BCUT2D eigenvalue weighted by molar-refractivity contribution is 0.155. The summed E-state index contributed by atoms with van der Waals surface area (Å²) in [6.45, 7) is 0.473. The molecule has 9 heteroatoms. The van der Waals surface area contributed by atoms with Crippen molar-refractivity contribution in [3.8, 4) is 11.3 Å². The van der Waals surface area contributed by atoms with Crippen molar-refractivity contribution in [2.45, 2.75) is 19.1 Å². The van der Waals surface area contributed by atoms with Gasteiger partial charge in [0.05, 0.1) is 0 Å². The van der Waals surface area contributed by atoms with Crippen molar-refractivity contribution in [2.24, 2.45) is 12.8 Å². The van der Waals surface area contributed by atoms with E-state index in [-0.39, 0.29) is 18.3 Å². The number of anilines is 2. The molecule has 0 saturated heterocycles. The molecule has 0 radical (unpaired) electrons. The van der Waals surface area contributed by atoms with Gasteiger partial charge in [0, 0.05) is 37.6 Å². The third-order valence-corrected chi connectivity index (χ3v) is 5.55. The number of nitrogens with zero attached hydrogens (tertiary/aromatic N) is 3. The van der Waals surface area contributed by atoms with Gasteiger partial charge in [-0.15, -0.1) is 0 Å². The Labute approximate surface area is 209 Å². The molecule has 36 heavy (non-hydrogen) atoms. The van der Waals surface area contributed by atoms with Gasteiger partial charge in [0.15, 0.2) is 0 Å². The van der Waals surface area contributed by atoms with Crippen LogP contribution in [-0.4, -0.2) is 33.2 Å². The van der Waals surface area contributed by atoms with Crippen molar-refractivity contribution in [3.63, 3.8) is 0 Å². The number of rotatable bonds is 9. The van der Waals surface area contributed by atoms with Gasteiger partial charge in [-0.05, 0) is 29.7 Å². The first-order valence-electron chi connectivity index (χ1n) is 11.5. The van der Waals surface area contributed by atoms with Crippen molar-refractivity contribution < 1.29 is 9.53 Å². The molecule has 2 aromatic heterocycles. The second-order valence-electron chi connectivity index (χ2n) is 8.28. The topological polar surface area (TPSA) is 124 Å². The summed E-state index contributed by atoms with van der Waals surface area (Å²) < 4.78 is 6.65. The molecule has 0 fully saturated rings. The Morgan fingerprint density at radius 3 is 2.31 bits per heavy atom. The summed E-state index contributed by atoms with van der Waals surface area (Å²) in [6.07, 6.45) is 3.11. The Morgan fingerprint density at radius 2 is 1.64 bits per heavy atom. The first kappa shape index (κ1) is 24.6. The van der Waals surface area contributed by atoms with E-state index in [0.29, 0.717) is 30.2 Å². The van der Waals surface area contributed by atoms with Crippen LogP contribution >= 0.6 is 0 Å². The number of amides is 1. The zero-order chi connectivity index (χ0) is 25.3. The number of carbonyl (C=O) groups is 1. The van der Waals surface area contributed by atoms with Gasteiger partial charge in [-0.3, -0.25) is 19.7 Å². The number of carbonyl (C=O) groups excluding carboxylic acids is 1. The summed E-state index contributed by atoms with van der Waals surface area (Å²) in [5.41, 5.74) is 8.77. The van der Waals surface area contributed by atoms with E-state index in [2.05, 4.69) is 20.6 Å². The molecule has 2 heterocycles. The number of ether oxygens (including phenoxy) is 1. The lowest BCUT2D eigenvalue weighted by atomic mass is 10.1. The predicted octanol–water partition coefficient (Wildman–Crippen LogP) is 3.57. The minimum Gasteiger partial charge on any atom is -0.444 e. The molecule has 1 atom stereocenters. The molecule has 0 aliphatic heterocycles. The van der Waals surface area contributed by atoms with Gasteiger partial charge in [-0.25, -0.2) is 9.78 Å². The largest absolute Gasteiger partial charge is 0.444 e. The summed E-state index contributed by atoms with van der Waals surface area (Å²) in [4.78, 5) is 34.5. The van der Waals surface area contributed by atoms with E-state index in [1.165, 1.54) is 4.57 Å². The first-order chi connectivity index (χ1) is 17.5. The molecule has 0 saturated carbocycles. The van der Waals surface area contributed by atoms with Crippen LogP contribution in [0.2, 0.25) is 0 Å². The van der Waals surface area contributed by atoms with E-state index >= 15 is 0 Å². The first-order valence-corrected chi connectivity index (χ1v) is 11.5. The van der Waals surface area contributed by atoms with Gasteiger partial charge in [0.1, 0.15) is 18.0 Å². The average molecular weight is 485 g/mol. The second kappa shape index (κ2) is 11.8. The van der Waals surface area contributed by atoms with Crippen LogP contribution in [0.25, 0.3) is 11.3 Å². The molecule has 9 nitrogen and oxygen atoms in total. The van der Waals surface area contributed by atoms with Gasteiger partial charge in [-0.2, -0.15) is 0 Å². The van der Waals surface area contributed by atoms with Crippen LogP contribution in [0.5, 0.6) is 0 Å². The van der Waals surface area contributed by atoms with E-state index in [0.717, 1.165) is 11.1 Å². The van der Waals surface area contributed by atoms with Gasteiger partial charge in [0.25, 0.3) is 5.56 Å². The summed E-state index contributed by atoms with van der Waals surface area (Å²) in [7, 11) is 1.58. The van der Waals surface area contributed by atoms with E-state index < -0.39 is 11.7 Å². The lowest BCUT2D eigenvalue weighted by Crippen LogP contribution is -2.34. The standard InChI is InChI=1S/C27H28N6O3/c1-33-25(34)24(32-27(35)36-18-20-10-6-3-7-11-20)23(21-12-14-29-15-13-21)31-26(33)30-17-22(28)16-19-8-4-2-5-9-19/h2-15,22H,16-18,28H2,1H3,(H,30,31)(H,32,35)/t22-/m0/s1. The third-order valence-electron chi connectivity index (χ3n) is 5.55. The maximum absolute atomic E-state index is 13.3. The maximum Gasteiger partial charge on any atom is 0.412 e. The third kappa shape index (κ3) is 6.34. The maximum atomic E-state index is 13.3.